The minimum Gasteiger partial charge on any atom is -0.508 e. The molecule has 40 heavy (non-hydrogen) atoms. The van der Waals surface area contributed by atoms with E-state index in [1.54, 1.807) is 36.4 Å². The second-order valence-corrected chi connectivity index (χ2v) is 10.1. The highest BCUT2D eigenvalue weighted by Crippen LogP contribution is 2.48. The number of aromatic nitrogens is 1. The zero-order valence-electron chi connectivity index (χ0n) is 21.9. The van der Waals surface area contributed by atoms with Crippen LogP contribution in [0.4, 0.5) is 11.4 Å². The maximum Gasteiger partial charge on any atom is 0.219 e. The van der Waals surface area contributed by atoms with Gasteiger partial charge in [-0.15, -0.1) is 0 Å². The lowest BCUT2D eigenvalue weighted by Crippen LogP contribution is -2.24. The van der Waals surface area contributed by atoms with Gasteiger partial charge in [-0.05, 0) is 37.3 Å². The third-order valence-electron chi connectivity index (χ3n) is 7.83. The third-order valence-corrected chi connectivity index (χ3v) is 7.83. The molecule has 0 amide bonds. The van der Waals surface area contributed by atoms with E-state index in [9.17, 15) is 20.1 Å². The summed E-state index contributed by atoms with van der Waals surface area (Å²) in [5.41, 5.74) is 7.64. The van der Waals surface area contributed by atoms with E-state index in [0.717, 1.165) is 44.9 Å². The van der Waals surface area contributed by atoms with Crippen LogP contribution in [-0.4, -0.2) is 31.4 Å². The minimum absolute atomic E-state index is 0.0335. The van der Waals surface area contributed by atoms with E-state index in [1.807, 2.05) is 83.7 Å². The number of nitrogens with zero attached hydrogens (tertiary/aromatic N) is 2. The molecule has 0 bridgehead atoms. The molecule has 194 valence electrons. The number of aliphatic hydroxyl groups excluding tert-OH is 1. The molecule has 1 aliphatic heterocycles. The predicted molar refractivity (Wildman–Crippen MR) is 158 cm³/mol. The molecule has 0 spiro atoms. The van der Waals surface area contributed by atoms with E-state index in [-0.39, 0.29) is 34.2 Å². The van der Waals surface area contributed by atoms with Crippen molar-refractivity contribution in [3.05, 3.63) is 125 Å². The van der Waals surface area contributed by atoms with Crippen LogP contribution in [0.1, 0.15) is 23.7 Å². The quantitative estimate of drug-likeness (QED) is 0.176. The molecule has 0 saturated carbocycles. The Morgan fingerprint density at radius 3 is 2.15 bits per heavy atom. The highest BCUT2D eigenvalue weighted by molar-refractivity contribution is 6.48. The van der Waals surface area contributed by atoms with E-state index < -0.39 is 0 Å². The average Bonchev–Trinajstić information content (AvgIpc) is 3.39. The van der Waals surface area contributed by atoms with Gasteiger partial charge in [-0.2, -0.15) is 4.58 Å². The van der Waals surface area contributed by atoms with Crippen LogP contribution < -0.4 is 4.58 Å². The number of carbonyl (C=O) groups is 1. The van der Waals surface area contributed by atoms with Crippen molar-refractivity contribution in [1.29, 1.82) is 0 Å². The van der Waals surface area contributed by atoms with Crippen molar-refractivity contribution in [1.82, 2.24) is 9.14 Å². The van der Waals surface area contributed by atoms with Crippen LogP contribution in [0, 0.1) is 6.92 Å². The van der Waals surface area contributed by atoms with Gasteiger partial charge in [0.1, 0.15) is 17.3 Å². The molecule has 0 saturated heterocycles. The van der Waals surface area contributed by atoms with E-state index in [1.165, 1.54) is 0 Å². The van der Waals surface area contributed by atoms with Crippen molar-refractivity contribution >= 4 is 44.9 Å². The first-order valence-corrected chi connectivity index (χ1v) is 13.0. The number of Topliss-reactive ketones (excluding diaryl/α,β-unsaturated/α-hetero) is 1. The molecule has 0 unspecified atom stereocenters. The van der Waals surface area contributed by atoms with Crippen LogP contribution in [0.3, 0.4) is 0 Å². The molecule has 3 N–H and O–H groups in total. The Morgan fingerprint density at radius 2 is 1.40 bits per heavy atom. The maximum absolute atomic E-state index is 14.0. The van der Waals surface area contributed by atoms with Crippen LogP contribution in [0.15, 0.2) is 108 Å². The van der Waals surface area contributed by atoms with Crippen molar-refractivity contribution in [3.63, 3.8) is 0 Å². The molecule has 4 aromatic carbocycles. The van der Waals surface area contributed by atoms with Crippen molar-refractivity contribution in [2.75, 3.05) is 0 Å². The summed E-state index contributed by atoms with van der Waals surface area (Å²) in [4.78, 5) is 14.0. The van der Waals surface area contributed by atoms with Crippen LogP contribution in [0.2, 0.25) is 0 Å². The van der Waals surface area contributed by atoms with Gasteiger partial charge in [0, 0.05) is 47.5 Å². The number of ketones is 1. The number of hydrogen-bond donors (Lipinski definition) is 3. The zero-order chi connectivity index (χ0) is 27.7. The standard InChI is InChI=1S/C34H24N2O4/c1-19-29(25-13-3-5-15-27(25)35(19)21-9-7-11-23(37)17-21)31-33(39)32(34(31)40)30-20(2)36(22-10-8-12-24(38)18-22)28-16-6-4-14-26(28)30/h3-18H,1-2H3,(H2-,37,38,39,40)/p+1. The average molecular weight is 526 g/mol. The monoisotopic (exact) mass is 525 g/mol. The summed E-state index contributed by atoms with van der Waals surface area (Å²) in [6, 6.07) is 29.5. The van der Waals surface area contributed by atoms with E-state index in [2.05, 4.69) is 0 Å². The normalized spacial score (nSPS) is 16.6. The number of carbonyl (C=O) groups excluding carboxylic acids is 1. The predicted octanol–water partition coefficient (Wildman–Crippen LogP) is 6.96. The number of allylic oxidation sites excluding steroid dienone is 3. The first kappa shape index (κ1) is 23.7. The molecule has 5 aromatic rings. The summed E-state index contributed by atoms with van der Waals surface area (Å²) in [5.74, 6) is 0.0367. The fraction of sp³-hybridized carbons (Fsp3) is 0.0588. The van der Waals surface area contributed by atoms with Crippen LogP contribution >= 0.6 is 0 Å². The molecule has 2 aliphatic rings. The molecule has 0 atom stereocenters. The maximum atomic E-state index is 14.0. The third kappa shape index (κ3) is 3.23. The van der Waals surface area contributed by atoms with Gasteiger partial charge in [-0.3, -0.25) is 4.79 Å². The Labute approximate surface area is 230 Å². The number of para-hydroxylation sites is 2. The van der Waals surface area contributed by atoms with Crippen molar-refractivity contribution in [3.8, 4) is 17.2 Å². The summed E-state index contributed by atoms with van der Waals surface area (Å²) in [6.07, 6.45) is 0. The minimum atomic E-state index is -0.221. The van der Waals surface area contributed by atoms with Crippen LogP contribution in [-0.2, 0) is 4.79 Å². The number of fused-ring (bicyclic) bond motifs is 2. The summed E-state index contributed by atoms with van der Waals surface area (Å²) >= 11 is 0. The number of benzene rings is 4. The number of phenols is 2. The molecule has 6 heteroatoms. The van der Waals surface area contributed by atoms with Crippen LogP contribution in [0.5, 0.6) is 11.5 Å². The van der Waals surface area contributed by atoms with E-state index in [0.29, 0.717) is 11.1 Å². The topological polar surface area (TPSA) is 85.7 Å². The Balaban J connectivity index is 1.47. The Bertz CT molecular complexity index is 2020. The number of phenolic OH excluding ortho intramolecular Hbond substituents is 2. The largest absolute Gasteiger partial charge is 0.508 e. The fourth-order valence-electron chi connectivity index (χ4n) is 6.16. The molecule has 1 aromatic heterocycles. The lowest BCUT2D eigenvalue weighted by molar-refractivity contribution is -0.111. The second-order valence-electron chi connectivity index (χ2n) is 10.1. The van der Waals surface area contributed by atoms with E-state index in [4.69, 9.17) is 0 Å². The zero-order valence-corrected chi connectivity index (χ0v) is 21.9. The Kier molecular flexibility index (Phi) is 5.09. The van der Waals surface area contributed by atoms with Gasteiger partial charge >= 0.3 is 0 Å². The summed E-state index contributed by atoms with van der Waals surface area (Å²) in [7, 11) is 0. The van der Waals surface area contributed by atoms with Crippen LogP contribution in [0.25, 0.3) is 27.7 Å². The summed E-state index contributed by atoms with van der Waals surface area (Å²) < 4.78 is 3.99. The Morgan fingerprint density at radius 1 is 0.700 bits per heavy atom. The lowest BCUT2D eigenvalue weighted by Gasteiger charge is -2.23. The Hall–Kier alpha value is -5.36. The SMILES string of the molecule is CC1=[N+](c2cccc(O)c2)c2ccccc2/C1=C1/C(=O)C(c2c(C)n(-c3cccc(O)c3)c3ccccc23)=C1O. The van der Waals surface area contributed by atoms with Gasteiger partial charge in [0.2, 0.25) is 17.2 Å². The highest BCUT2D eigenvalue weighted by Gasteiger charge is 2.45. The number of aromatic hydroxyl groups is 2. The van der Waals surface area contributed by atoms with Gasteiger partial charge < -0.3 is 19.9 Å². The molecule has 1 aliphatic carbocycles. The molecular formula is C34H25N2O4+. The molecule has 0 fully saturated rings. The van der Waals surface area contributed by atoms with Crippen molar-refractivity contribution < 1.29 is 20.1 Å². The van der Waals surface area contributed by atoms with Gasteiger partial charge in [-0.1, -0.05) is 42.5 Å². The smallest absolute Gasteiger partial charge is 0.219 e. The van der Waals surface area contributed by atoms with E-state index >= 15 is 0 Å². The number of aliphatic hydroxyl groups is 1. The molecule has 7 rings (SSSR count). The number of rotatable bonds is 3. The second kappa shape index (κ2) is 8.58. The molecule has 0 radical (unpaired) electrons. The first-order valence-electron chi connectivity index (χ1n) is 13.0. The van der Waals surface area contributed by atoms with Gasteiger partial charge in [0.25, 0.3) is 0 Å². The summed E-state index contributed by atoms with van der Waals surface area (Å²) in [5, 5.41) is 32.7. The fourth-order valence-corrected chi connectivity index (χ4v) is 6.16. The molecular weight excluding hydrogens is 500 g/mol. The first-order chi connectivity index (χ1) is 19.4. The molecule has 2 heterocycles. The lowest BCUT2D eigenvalue weighted by atomic mass is 9.78. The van der Waals surface area contributed by atoms with Crippen molar-refractivity contribution in [2.24, 2.45) is 0 Å². The number of hydrogen-bond acceptors (Lipinski definition) is 4. The van der Waals surface area contributed by atoms with Gasteiger partial charge in [0.15, 0.2) is 5.71 Å². The highest BCUT2D eigenvalue weighted by atomic mass is 16.3. The van der Waals surface area contributed by atoms with Gasteiger partial charge in [0.05, 0.1) is 33.9 Å². The van der Waals surface area contributed by atoms with Gasteiger partial charge in [-0.25, -0.2) is 0 Å². The molecule has 6 nitrogen and oxygen atoms in total. The van der Waals surface area contributed by atoms with Crippen molar-refractivity contribution in [2.45, 2.75) is 13.8 Å². The summed E-state index contributed by atoms with van der Waals surface area (Å²) in [6.45, 7) is 3.84.